The number of nitrogens with zero attached hydrogens (tertiary/aromatic N) is 7. The van der Waals surface area contributed by atoms with Crippen LogP contribution in [0.4, 0.5) is 5.69 Å². The van der Waals surface area contributed by atoms with Crippen LogP contribution in [-0.4, -0.2) is 32.4 Å². The number of anilines is 1. The Balaban J connectivity index is 1.22. The number of aromatic nitrogens is 3. The van der Waals surface area contributed by atoms with Crippen LogP contribution in [0.5, 0.6) is 11.5 Å². The summed E-state index contributed by atoms with van der Waals surface area (Å²) < 4.78 is 34.0. The predicted octanol–water partition coefficient (Wildman–Crippen LogP) is 9.14. The molecule has 0 amide bonds. The first kappa shape index (κ1) is 21.5. The minimum atomic E-state index is -2.36. The minimum Gasteiger partial charge on any atom is -0.457 e. The van der Waals surface area contributed by atoms with Gasteiger partial charge in [-0.1, -0.05) is 65.9 Å². The molecule has 0 spiro atoms. The smallest absolute Gasteiger partial charge is 0.162 e. The lowest BCUT2D eigenvalue weighted by Gasteiger charge is -2.14. The van der Waals surface area contributed by atoms with Crippen molar-refractivity contribution in [2.45, 2.75) is 0 Å². The third-order valence-corrected chi connectivity index (χ3v) is 8.84. The molecule has 8 heteroatoms. The first-order chi connectivity index (χ1) is 23.4. The van der Waals surface area contributed by atoms with E-state index in [4.69, 9.17) is 13.8 Å². The summed E-state index contributed by atoms with van der Waals surface area (Å²) in [6.07, 6.45) is 1.85. The molecule has 0 bridgehead atoms. The van der Waals surface area contributed by atoms with Gasteiger partial charge in [0.15, 0.2) is 5.65 Å². The van der Waals surface area contributed by atoms with Gasteiger partial charge in [-0.2, -0.15) is 0 Å². The molecule has 214 valence electrons. The molecule has 0 N–H and O–H groups in total. The number of rotatable bonds is 3. The molecule has 45 heavy (non-hydrogen) atoms. The average Bonchev–Trinajstić information content (AvgIpc) is 3.81. The molecule has 5 aromatic carbocycles. The van der Waals surface area contributed by atoms with E-state index in [1.54, 1.807) is 0 Å². The van der Waals surface area contributed by atoms with Gasteiger partial charge in [-0.05, 0) is 47.7 Å². The molecule has 0 atom stereocenters. The number of benzene rings is 5. The third kappa shape index (κ3) is 3.39. The summed E-state index contributed by atoms with van der Waals surface area (Å²) in [5.41, 5.74) is 6.86. The van der Waals surface area contributed by atoms with Crippen molar-refractivity contribution in [3.05, 3.63) is 121 Å². The van der Waals surface area contributed by atoms with E-state index in [9.17, 15) is 0 Å². The predicted molar refractivity (Wildman–Crippen MR) is 180 cm³/mol. The second-order valence-electron chi connectivity index (χ2n) is 11.3. The molecule has 0 saturated heterocycles. The molecule has 1 aliphatic heterocycles. The fourth-order valence-corrected chi connectivity index (χ4v) is 7.03. The Morgan fingerprint density at radius 2 is 1.29 bits per heavy atom. The molecular weight excluding hydrogens is 558 g/mol. The van der Waals surface area contributed by atoms with E-state index in [0.29, 0.717) is 17.2 Å². The Kier molecular flexibility index (Phi) is 4.27. The van der Waals surface area contributed by atoms with Crippen LogP contribution in [0.3, 0.4) is 0 Å². The molecule has 0 aliphatic carbocycles. The fraction of sp³-hybridized carbons (Fsp3) is 0.0541. The van der Waals surface area contributed by atoms with Crippen molar-refractivity contribution in [1.29, 1.82) is 0 Å². The zero-order valence-corrected chi connectivity index (χ0v) is 23.8. The third-order valence-electron chi connectivity index (χ3n) is 8.84. The van der Waals surface area contributed by atoms with E-state index >= 15 is 0 Å². The summed E-state index contributed by atoms with van der Waals surface area (Å²) in [7, 11) is 0. The van der Waals surface area contributed by atoms with Crippen LogP contribution in [0.2, 0.25) is 0 Å². The first-order valence-corrected chi connectivity index (χ1v) is 14.7. The molecule has 8 nitrogen and oxygen atoms in total. The summed E-state index contributed by atoms with van der Waals surface area (Å²) in [6, 6.07) is 39.3. The lowest BCUT2D eigenvalue weighted by molar-refractivity contribution is 0.390. The zero-order valence-electron chi connectivity index (χ0n) is 26.8. The first-order valence-electron chi connectivity index (χ1n) is 16.2. The molecule has 0 saturated carbocycles. The van der Waals surface area contributed by atoms with Gasteiger partial charge in [-0.15, -0.1) is 0 Å². The average molecular weight is 587 g/mol. The Labute approximate surface area is 260 Å². The van der Waals surface area contributed by atoms with Crippen molar-refractivity contribution in [2.24, 2.45) is 10.4 Å². The van der Waals surface area contributed by atoms with Crippen molar-refractivity contribution in [2.75, 3.05) is 18.7 Å². The van der Waals surface area contributed by atoms with Gasteiger partial charge >= 0.3 is 0 Å². The minimum absolute atomic E-state index is 0.0207. The Bertz CT molecular complexity index is 2820. The summed E-state index contributed by atoms with van der Waals surface area (Å²) in [6.45, 7) is -2.34. The highest BCUT2D eigenvalue weighted by Gasteiger charge is 2.20. The summed E-state index contributed by atoms with van der Waals surface area (Å²) in [5.74, 6) is 1.24. The number of para-hydroxylation sites is 3. The summed E-state index contributed by atoms with van der Waals surface area (Å²) >= 11 is 0. The molecule has 0 unspecified atom stereocenters. The molecule has 5 heterocycles. The van der Waals surface area contributed by atoms with Gasteiger partial charge in [0.25, 0.3) is 0 Å². The highest BCUT2D eigenvalue weighted by molar-refractivity contribution is 6.25. The SMILES string of the molecule is [2H]C([2H])([2H])N1CN(c2cccc(Oc3ccc4c5cccc6c7cccc8c9ccccc9n(c9cccnc9n(c4c3)c56)c87)c2)N=N1. The largest absolute Gasteiger partial charge is 0.457 e. The van der Waals surface area contributed by atoms with Crippen molar-refractivity contribution in [3.8, 4) is 11.5 Å². The fourth-order valence-electron chi connectivity index (χ4n) is 7.03. The van der Waals surface area contributed by atoms with Crippen LogP contribution in [0.25, 0.3) is 65.5 Å². The van der Waals surface area contributed by atoms with E-state index in [2.05, 4.69) is 98.1 Å². The highest BCUT2D eigenvalue weighted by Crippen LogP contribution is 2.41. The maximum Gasteiger partial charge on any atom is 0.162 e. The second kappa shape index (κ2) is 8.93. The number of ether oxygens (including phenoxy) is 1. The van der Waals surface area contributed by atoms with E-state index < -0.39 is 6.98 Å². The van der Waals surface area contributed by atoms with Crippen molar-refractivity contribution < 1.29 is 8.85 Å². The van der Waals surface area contributed by atoms with E-state index in [1.807, 2.05) is 42.6 Å². The van der Waals surface area contributed by atoms with Gasteiger partial charge in [0, 0.05) is 61.7 Å². The van der Waals surface area contributed by atoms with Gasteiger partial charge in [0.1, 0.15) is 18.2 Å². The maximum atomic E-state index is 7.64. The number of fused-ring (bicyclic) bond motifs is 10. The van der Waals surface area contributed by atoms with Crippen LogP contribution in [-0.2, 0) is 0 Å². The Hall–Kier alpha value is -6.15. The summed E-state index contributed by atoms with van der Waals surface area (Å²) in [5, 5.41) is 17.3. The monoisotopic (exact) mass is 586 g/mol. The molecule has 0 radical (unpaired) electrons. The molecule has 0 fully saturated rings. The lowest BCUT2D eigenvalue weighted by Crippen LogP contribution is -2.21. The van der Waals surface area contributed by atoms with E-state index in [0.717, 1.165) is 54.3 Å². The molecular formula is C37H25N7O. The van der Waals surface area contributed by atoms with Crippen LogP contribution >= 0.6 is 0 Å². The topological polar surface area (TPSA) is 62.1 Å². The zero-order chi connectivity index (χ0) is 32.1. The van der Waals surface area contributed by atoms with Gasteiger partial charge in [0.2, 0.25) is 0 Å². The van der Waals surface area contributed by atoms with Crippen LogP contribution in [0.15, 0.2) is 132 Å². The molecule has 9 aromatic rings. The van der Waals surface area contributed by atoms with Crippen molar-refractivity contribution in [1.82, 2.24) is 18.8 Å². The van der Waals surface area contributed by atoms with Crippen LogP contribution in [0.1, 0.15) is 4.11 Å². The van der Waals surface area contributed by atoms with Crippen molar-refractivity contribution >= 4 is 71.2 Å². The van der Waals surface area contributed by atoms with Crippen LogP contribution in [0, 0.1) is 0 Å². The van der Waals surface area contributed by atoms with Gasteiger partial charge in [-0.25, -0.2) is 9.99 Å². The standard InChI is InChI=1S/C37H25N7O/c1-41-22-42(40-39-41)23-8-4-9-24(20-23)45-25-17-18-27-29-12-6-14-31-30-13-5-11-28-26-10-2-3-15-32(26)43(35(28)30)33-16-7-19-38-37(33)44(36(29)31)34(27)21-25/h2-21H,22H2,1H3/i1D3. The number of hydrogen-bond donors (Lipinski definition) is 0. The molecule has 4 aromatic heterocycles. The normalized spacial score (nSPS) is 14.9. The maximum absolute atomic E-state index is 7.64. The van der Waals surface area contributed by atoms with Gasteiger partial charge in [-0.3, -0.25) is 9.41 Å². The molecule has 1 aliphatic rings. The highest BCUT2D eigenvalue weighted by atomic mass is 16.5. The van der Waals surface area contributed by atoms with E-state index in [1.165, 1.54) is 21.3 Å². The van der Waals surface area contributed by atoms with Crippen molar-refractivity contribution in [3.63, 3.8) is 0 Å². The quantitative estimate of drug-likeness (QED) is 0.207. The number of pyridine rings is 1. The Morgan fingerprint density at radius 3 is 2.11 bits per heavy atom. The Morgan fingerprint density at radius 1 is 0.600 bits per heavy atom. The van der Waals surface area contributed by atoms with Gasteiger partial charge < -0.3 is 9.14 Å². The number of hydrogen-bond acceptors (Lipinski definition) is 6. The molecule has 10 rings (SSSR count). The summed E-state index contributed by atoms with van der Waals surface area (Å²) in [4.78, 5) is 5.04. The van der Waals surface area contributed by atoms with Gasteiger partial charge in [0.05, 0.1) is 33.3 Å². The lowest BCUT2D eigenvalue weighted by atomic mass is 10.0. The van der Waals surface area contributed by atoms with E-state index in [-0.39, 0.29) is 6.67 Å². The van der Waals surface area contributed by atoms with Crippen LogP contribution < -0.4 is 9.75 Å². The second-order valence-corrected chi connectivity index (χ2v) is 11.3.